The molecule has 0 aliphatic heterocycles. The number of fused-ring (bicyclic) bond motifs is 8. The molecule has 432 valence electrons. The average Bonchev–Trinajstić information content (AvgIpc) is 1.61. The molecule has 1 unspecified atom stereocenters. The number of aromatic nitrogens is 2. The highest BCUT2D eigenvalue weighted by molar-refractivity contribution is 5.94. The van der Waals surface area contributed by atoms with Crippen LogP contribution in [0, 0.1) is 0 Å². The number of unbranched alkanes of at least 4 members (excludes halogenated alkanes) is 7. The zero-order valence-electron chi connectivity index (χ0n) is 51.6. The maximum absolute atomic E-state index is 5.13. The van der Waals surface area contributed by atoms with Gasteiger partial charge >= 0.3 is 0 Å². The Morgan fingerprint density at radius 1 is 0.276 bits per heavy atom. The zero-order valence-corrected chi connectivity index (χ0v) is 51.6. The summed E-state index contributed by atoms with van der Waals surface area (Å²) in [6, 6.07) is 82.3. The summed E-state index contributed by atoms with van der Waals surface area (Å²) < 4.78 is 0. The second kappa shape index (κ2) is 25.7. The topological polar surface area (TPSA) is 25.8 Å². The van der Waals surface area contributed by atoms with Crippen molar-refractivity contribution in [1.82, 2.24) is 9.97 Å². The number of nitrogens with zero attached hydrogens (tertiary/aromatic N) is 2. The van der Waals surface area contributed by atoms with Crippen LogP contribution in [0.15, 0.2) is 218 Å². The van der Waals surface area contributed by atoms with Gasteiger partial charge in [-0.05, 0) is 199 Å². The monoisotopic (exact) mass is 1130 g/mol. The van der Waals surface area contributed by atoms with E-state index in [0.717, 1.165) is 82.8 Å². The van der Waals surface area contributed by atoms with Crippen LogP contribution in [0.25, 0.3) is 113 Å². The van der Waals surface area contributed by atoms with E-state index in [1.807, 2.05) is 0 Å². The van der Waals surface area contributed by atoms with E-state index in [4.69, 9.17) is 9.97 Å². The Balaban J connectivity index is 0.952. The van der Waals surface area contributed by atoms with E-state index in [0.29, 0.717) is 0 Å². The van der Waals surface area contributed by atoms with Gasteiger partial charge < -0.3 is 0 Å². The lowest BCUT2D eigenvalue weighted by molar-refractivity contribution is 0.403. The van der Waals surface area contributed by atoms with Crippen molar-refractivity contribution in [1.29, 1.82) is 0 Å². The van der Waals surface area contributed by atoms with E-state index in [1.54, 1.807) is 11.1 Å². The molecule has 0 fully saturated rings. The molecule has 0 amide bonds. The minimum absolute atomic E-state index is 0.0357. The van der Waals surface area contributed by atoms with Crippen LogP contribution >= 0.6 is 0 Å². The van der Waals surface area contributed by atoms with Crippen molar-refractivity contribution < 1.29 is 0 Å². The highest BCUT2D eigenvalue weighted by atomic mass is 14.7. The first-order valence-electron chi connectivity index (χ1n) is 32.9. The summed E-state index contributed by atoms with van der Waals surface area (Å²) in [6.07, 6.45) is 26.9. The fourth-order valence-corrected chi connectivity index (χ4v) is 14.9. The molecule has 2 nitrogen and oxygen atoms in total. The Kier molecular flexibility index (Phi) is 16.9. The van der Waals surface area contributed by atoms with Gasteiger partial charge in [0.05, 0.1) is 22.4 Å². The predicted molar refractivity (Wildman–Crippen MR) is 374 cm³/mol. The quantitative estimate of drug-likeness (QED) is 0.0597. The normalized spacial score (nSPS) is 14.7. The minimum atomic E-state index is -0.147. The summed E-state index contributed by atoms with van der Waals surface area (Å²) in [6.45, 7) is 9.44. The van der Waals surface area contributed by atoms with Crippen LogP contribution in [-0.2, 0) is 10.8 Å². The molecule has 13 rings (SSSR count). The summed E-state index contributed by atoms with van der Waals surface area (Å²) >= 11 is 0. The first-order valence-corrected chi connectivity index (χ1v) is 32.9. The fourth-order valence-electron chi connectivity index (χ4n) is 14.9. The molecule has 2 heterocycles. The molecule has 11 aromatic rings. The van der Waals surface area contributed by atoms with E-state index in [1.165, 1.54) is 136 Å². The summed E-state index contributed by atoms with van der Waals surface area (Å²) in [7, 11) is 0. The van der Waals surface area contributed by atoms with E-state index in [9.17, 15) is 0 Å². The molecule has 9 aromatic carbocycles. The number of para-hydroxylation sites is 2. The summed E-state index contributed by atoms with van der Waals surface area (Å²) in [5, 5.41) is 2.28. The molecular weight excluding hydrogens is 1050 g/mol. The highest BCUT2D eigenvalue weighted by Crippen LogP contribution is 2.58. The van der Waals surface area contributed by atoms with Gasteiger partial charge in [-0.2, -0.15) is 0 Å². The third-order valence-corrected chi connectivity index (χ3v) is 19.5. The summed E-state index contributed by atoms with van der Waals surface area (Å²) in [5.74, 6) is 0. The second-order valence-electron chi connectivity index (χ2n) is 25.0. The van der Waals surface area contributed by atoms with Gasteiger partial charge in [0.15, 0.2) is 0 Å². The predicted octanol–water partition coefficient (Wildman–Crippen LogP) is 24.3. The van der Waals surface area contributed by atoms with Gasteiger partial charge in [0.2, 0.25) is 0 Å². The van der Waals surface area contributed by atoms with E-state index in [2.05, 4.69) is 270 Å². The van der Waals surface area contributed by atoms with Crippen molar-refractivity contribution in [2.45, 2.75) is 135 Å². The molecule has 0 bridgehead atoms. The number of rotatable bonds is 23. The largest absolute Gasteiger partial charge is 0.248 e. The van der Waals surface area contributed by atoms with Crippen LogP contribution < -0.4 is 0 Å². The molecule has 1 atom stereocenters. The Bertz CT molecular complexity index is 4310. The fraction of sp³-hybridized carbons (Fsp3) is 0.247. The number of hydrogen-bond acceptors (Lipinski definition) is 2. The van der Waals surface area contributed by atoms with Crippen LogP contribution in [0.1, 0.15) is 169 Å². The molecule has 0 radical (unpaired) electrons. The van der Waals surface area contributed by atoms with E-state index >= 15 is 0 Å². The maximum Gasteiger partial charge on any atom is 0.0709 e. The molecule has 2 aromatic heterocycles. The minimum Gasteiger partial charge on any atom is -0.248 e. The van der Waals surface area contributed by atoms with Gasteiger partial charge in [-0.3, -0.25) is 0 Å². The molecule has 2 heteroatoms. The number of hydrogen-bond donors (Lipinski definition) is 0. The third-order valence-electron chi connectivity index (χ3n) is 19.5. The van der Waals surface area contributed by atoms with Gasteiger partial charge in [0.1, 0.15) is 0 Å². The van der Waals surface area contributed by atoms with Gasteiger partial charge in [0, 0.05) is 21.6 Å². The molecule has 0 saturated heterocycles. The lowest BCUT2D eigenvalue weighted by Crippen LogP contribution is -2.26. The van der Waals surface area contributed by atoms with Crippen molar-refractivity contribution >= 4 is 46.1 Å². The van der Waals surface area contributed by atoms with Crippen LogP contribution in [0.3, 0.4) is 0 Å². The second-order valence-corrected chi connectivity index (χ2v) is 25.0. The molecule has 0 spiro atoms. The molecule has 2 aliphatic rings. The number of benzene rings is 9. The van der Waals surface area contributed by atoms with Crippen LogP contribution in [-0.4, -0.2) is 9.97 Å². The number of pyridine rings is 2. The molecular formula is C85H82N2. The standard InChI is InChI=1S/C85H82N2/c1-5-9-13-25-53-85(52-24-10-6-2)78-56-64(60-26-16-14-17-27-60)38-46-72(78)73-47-39-66(58-80(73)85)65-40-48-74-75-49-41-69(59-81(75)84(50-11-7-3,51-12-8-4)79(74)57-65)77-55-67(36-44-70-42-34-62-30-20-22-32-82(62)86-70)76(61-28-18-15-19-29-61)54-68(77)37-45-71-43-35-63-31-21-23-33-83(63)87-71/h14-23,26-49,54-59H,5-13,24-25,50-53H2,1-4H3/b44-36+,45-37+. The van der Waals surface area contributed by atoms with E-state index in [-0.39, 0.29) is 10.8 Å². The molecule has 0 saturated carbocycles. The third kappa shape index (κ3) is 11.4. The summed E-state index contributed by atoms with van der Waals surface area (Å²) in [4.78, 5) is 10.2. The maximum atomic E-state index is 5.13. The Morgan fingerprint density at radius 3 is 1.11 bits per heavy atom. The van der Waals surface area contributed by atoms with Gasteiger partial charge in [0.25, 0.3) is 0 Å². The van der Waals surface area contributed by atoms with Crippen molar-refractivity contribution in [2.75, 3.05) is 0 Å². The zero-order chi connectivity index (χ0) is 59.2. The lowest BCUT2D eigenvalue weighted by atomic mass is 9.69. The highest BCUT2D eigenvalue weighted by Gasteiger charge is 2.45. The van der Waals surface area contributed by atoms with Crippen molar-refractivity contribution in [2.24, 2.45) is 0 Å². The first-order chi connectivity index (χ1) is 42.9. The van der Waals surface area contributed by atoms with Crippen molar-refractivity contribution in [3.63, 3.8) is 0 Å². The first kappa shape index (κ1) is 57.4. The Morgan fingerprint density at radius 2 is 0.644 bits per heavy atom. The van der Waals surface area contributed by atoms with Crippen LogP contribution in [0.4, 0.5) is 0 Å². The Hall–Kier alpha value is -8.72. The smallest absolute Gasteiger partial charge is 0.0709 e. The molecule has 2 aliphatic carbocycles. The van der Waals surface area contributed by atoms with Gasteiger partial charge in [-0.1, -0.05) is 268 Å². The van der Waals surface area contributed by atoms with Crippen LogP contribution in [0.2, 0.25) is 0 Å². The lowest BCUT2D eigenvalue weighted by Gasteiger charge is -2.34. The van der Waals surface area contributed by atoms with Gasteiger partial charge in [-0.15, -0.1) is 0 Å². The van der Waals surface area contributed by atoms with E-state index < -0.39 is 0 Å². The Labute approximate surface area is 517 Å². The average molecular weight is 1130 g/mol. The SMILES string of the molecule is CCCCCCC1(CCCCC)c2cc(-c3ccccc3)ccc2-c2ccc(-c3ccc4c(c3)C(CCCC)(CCCC)c3cc(-c5cc(/C=C/c6ccc7ccccc7n6)c(-c6ccccc6)cc5/C=C/c5ccc6ccccc6n5)ccc3-4)cc21. The van der Waals surface area contributed by atoms with Crippen LogP contribution in [0.5, 0.6) is 0 Å². The van der Waals surface area contributed by atoms with Gasteiger partial charge in [-0.25, -0.2) is 9.97 Å². The van der Waals surface area contributed by atoms with Crippen molar-refractivity contribution in [3.05, 3.63) is 263 Å². The van der Waals surface area contributed by atoms with Crippen molar-refractivity contribution in [3.8, 4) is 66.8 Å². The summed E-state index contributed by atoms with van der Waals surface area (Å²) in [5.41, 5.74) is 27.8. The molecule has 0 N–H and O–H groups in total. The molecule has 87 heavy (non-hydrogen) atoms.